The summed E-state index contributed by atoms with van der Waals surface area (Å²) in [6.07, 6.45) is 2.22. The summed E-state index contributed by atoms with van der Waals surface area (Å²) in [6, 6.07) is 2.69. The SMILES string of the molecule is NCC(NC(=O)c1ccc(=O)[nH]n1)C1CC1. The van der Waals surface area contributed by atoms with Crippen LogP contribution in [0.15, 0.2) is 16.9 Å². The van der Waals surface area contributed by atoms with Gasteiger partial charge in [0.25, 0.3) is 11.5 Å². The Hall–Kier alpha value is -1.69. The number of rotatable bonds is 4. The molecule has 1 aliphatic carbocycles. The summed E-state index contributed by atoms with van der Waals surface area (Å²) in [4.78, 5) is 22.5. The molecule has 1 aromatic rings. The number of nitrogens with one attached hydrogen (secondary N) is 2. The highest BCUT2D eigenvalue weighted by Crippen LogP contribution is 2.32. The van der Waals surface area contributed by atoms with Crippen LogP contribution >= 0.6 is 0 Å². The van der Waals surface area contributed by atoms with Gasteiger partial charge in [-0.3, -0.25) is 9.59 Å². The van der Waals surface area contributed by atoms with Crippen LogP contribution in [0, 0.1) is 5.92 Å². The van der Waals surface area contributed by atoms with Crippen LogP contribution in [-0.2, 0) is 0 Å². The van der Waals surface area contributed by atoms with Crippen LogP contribution < -0.4 is 16.6 Å². The maximum Gasteiger partial charge on any atom is 0.271 e. The molecule has 2 rings (SSSR count). The van der Waals surface area contributed by atoms with Gasteiger partial charge in [0.1, 0.15) is 5.69 Å². The monoisotopic (exact) mass is 222 g/mol. The lowest BCUT2D eigenvalue weighted by Crippen LogP contribution is -2.42. The molecule has 6 nitrogen and oxygen atoms in total. The molecule has 0 radical (unpaired) electrons. The molecule has 1 fully saturated rings. The molecule has 0 spiro atoms. The van der Waals surface area contributed by atoms with E-state index < -0.39 is 0 Å². The van der Waals surface area contributed by atoms with Crippen LogP contribution in [0.25, 0.3) is 0 Å². The molecule has 86 valence electrons. The van der Waals surface area contributed by atoms with Crippen LogP contribution in [0.3, 0.4) is 0 Å². The number of carbonyl (C=O) groups excluding carboxylic acids is 1. The topological polar surface area (TPSA) is 101 Å². The minimum atomic E-state index is -0.325. The summed E-state index contributed by atoms with van der Waals surface area (Å²) in [7, 11) is 0. The smallest absolute Gasteiger partial charge is 0.271 e. The van der Waals surface area contributed by atoms with Crippen LogP contribution in [0.4, 0.5) is 0 Å². The van der Waals surface area contributed by atoms with Crippen LogP contribution in [0.5, 0.6) is 0 Å². The number of amides is 1. The van der Waals surface area contributed by atoms with Crippen molar-refractivity contribution < 1.29 is 4.79 Å². The minimum Gasteiger partial charge on any atom is -0.346 e. The molecule has 1 unspecified atom stereocenters. The molecule has 1 atom stereocenters. The number of nitrogens with two attached hydrogens (primary N) is 1. The van der Waals surface area contributed by atoms with Gasteiger partial charge >= 0.3 is 0 Å². The van der Waals surface area contributed by atoms with Crippen molar-refractivity contribution >= 4 is 5.91 Å². The van der Waals surface area contributed by atoms with E-state index in [1.54, 1.807) is 0 Å². The Morgan fingerprint density at radius 2 is 2.38 bits per heavy atom. The molecule has 1 amide bonds. The van der Waals surface area contributed by atoms with Crippen LogP contribution in [0.1, 0.15) is 23.3 Å². The number of nitrogens with zero attached hydrogens (tertiary/aromatic N) is 1. The normalized spacial score (nSPS) is 16.8. The third-order valence-electron chi connectivity index (χ3n) is 2.67. The lowest BCUT2D eigenvalue weighted by atomic mass is 10.2. The molecule has 0 saturated heterocycles. The Balaban J connectivity index is 2.01. The van der Waals surface area contributed by atoms with Crippen molar-refractivity contribution in [2.24, 2.45) is 11.7 Å². The highest BCUT2D eigenvalue weighted by Gasteiger charge is 2.31. The van der Waals surface area contributed by atoms with Gasteiger partial charge < -0.3 is 11.1 Å². The fourth-order valence-electron chi connectivity index (χ4n) is 1.58. The molecule has 1 heterocycles. The Bertz CT molecular complexity index is 418. The molecule has 6 heteroatoms. The summed E-state index contributed by atoms with van der Waals surface area (Å²) in [6.45, 7) is 0.430. The quantitative estimate of drug-likeness (QED) is 0.623. The van der Waals surface area contributed by atoms with E-state index in [2.05, 4.69) is 15.5 Å². The van der Waals surface area contributed by atoms with E-state index >= 15 is 0 Å². The van der Waals surface area contributed by atoms with Gasteiger partial charge in [0.2, 0.25) is 0 Å². The van der Waals surface area contributed by atoms with Gasteiger partial charge in [0, 0.05) is 18.7 Å². The summed E-state index contributed by atoms with van der Waals surface area (Å²) in [5.41, 5.74) is 5.45. The second-order valence-electron chi connectivity index (χ2n) is 3.96. The Morgan fingerprint density at radius 1 is 1.62 bits per heavy atom. The average Bonchev–Trinajstić information content (AvgIpc) is 3.10. The van der Waals surface area contributed by atoms with Crippen molar-refractivity contribution in [1.29, 1.82) is 0 Å². The fraction of sp³-hybridized carbons (Fsp3) is 0.500. The molecule has 1 saturated carbocycles. The molecule has 0 aliphatic heterocycles. The van der Waals surface area contributed by atoms with Crippen molar-refractivity contribution in [1.82, 2.24) is 15.5 Å². The molecular weight excluding hydrogens is 208 g/mol. The van der Waals surface area contributed by atoms with Gasteiger partial charge in [0.05, 0.1) is 0 Å². The largest absolute Gasteiger partial charge is 0.346 e. The zero-order chi connectivity index (χ0) is 11.5. The van der Waals surface area contributed by atoms with Gasteiger partial charge in [-0.1, -0.05) is 0 Å². The van der Waals surface area contributed by atoms with E-state index in [1.165, 1.54) is 12.1 Å². The molecule has 4 N–H and O–H groups in total. The Kier molecular flexibility index (Phi) is 3.00. The number of aromatic nitrogens is 2. The van der Waals surface area contributed by atoms with Gasteiger partial charge in [-0.05, 0) is 24.8 Å². The van der Waals surface area contributed by atoms with Crippen molar-refractivity contribution in [2.75, 3.05) is 6.54 Å². The molecule has 1 aliphatic rings. The molecule has 0 bridgehead atoms. The van der Waals surface area contributed by atoms with E-state index in [4.69, 9.17) is 5.73 Å². The number of H-pyrrole nitrogens is 1. The summed E-state index contributed by atoms with van der Waals surface area (Å²) >= 11 is 0. The molecule has 1 aromatic heterocycles. The number of hydrogen-bond donors (Lipinski definition) is 3. The first-order valence-corrected chi connectivity index (χ1v) is 5.27. The fourth-order valence-corrected chi connectivity index (χ4v) is 1.58. The summed E-state index contributed by atoms with van der Waals surface area (Å²) in [5.74, 6) is 0.204. The lowest BCUT2D eigenvalue weighted by molar-refractivity contribution is 0.0927. The maximum absolute atomic E-state index is 11.7. The third-order valence-corrected chi connectivity index (χ3v) is 2.67. The molecule has 16 heavy (non-hydrogen) atoms. The number of hydrogen-bond acceptors (Lipinski definition) is 4. The standard InChI is InChI=1S/C10H14N4O2/c11-5-8(6-1-2-6)12-10(16)7-3-4-9(15)14-13-7/h3-4,6,8H,1-2,5,11H2,(H,12,16)(H,14,15). The third kappa shape index (κ3) is 2.46. The second kappa shape index (κ2) is 4.44. The maximum atomic E-state index is 11.7. The first-order chi connectivity index (χ1) is 7.70. The molecular formula is C10H14N4O2. The average molecular weight is 222 g/mol. The lowest BCUT2D eigenvalue weighted by Gasteiger charge is -2.15. The predicted molar refractivity (Wildman–Crippen MR) is 57.9 cm³/mol. The number of aromatic amines is 1. The van der Waals surface area contributed by atoms with E-state index in [0.29, 0.717) is 12.5 Å². The van der Waals surface area contributed by atoms with Crippen LogP contribution in [0.2, 0.25) is 0 Å². The first-order valence-electron chi connectivity index (χ1n) is 5.27. The van der Waals surface area contributed by atoms with Crippen molar-refractivity contribution in [2.45, 2.75) is 18.9 Å². The highest BCUT2D eigenvalue weighted by atomic mass is 16.2. The van der Waals surface area contributed by atoms with Crippen LogP contribution in [-0.4, -0.2) is 28.7 Å². The highest BCUT2D eigenvalue weighted by molar-refractivity contribution is 5.92. The van der Waals surface area contributed by atoms with Gasteiger partial charge in [-0.15, -0.1) is 0 Å². The van der Waals surface area contributed by atoms with E-state index in [-0.39, 0.29) is 23.2 Å². The predicted octanol–water partition coefficient (Wildman–Crippen LogP) is -0.763. The van der Waals surface area contributed by atoms with Gasteiger partial charge in [-0.2, -0.15) is 5.10 Å². The Morgan fingerprint density at radius 3 is 2.88 bits per heavy atom. The van der Waals surface area contributed by atoms with Crippen molar-refractivity contribution in [3.63, 3.8) is 0 Å². The summed E-state index contributed by atoms with van der Waals surface area (Å²) in [5, 5.41) is 8.69. The van der Waals surface area contributed by atoms with Crippen molar-refractivity contribution in [3.05, 3.63) is 28.2 Å². The van der Waals surface area contributed by atoms with Crippen molar-refractivity contribution in [3.8, 4) is 0 Å². The zero-order valence-electron chi connectivity index (χ0n) is 8.77. The van der Waals surface area contributed by atoms with Gasteiger partial charge in [0.15, 0.2) is 0 Å². The Labute approximate surface area is 92.2 Å². The number of carbonyl (C=O) groups is 1. The first kappa shape index (κ1) is 10.8. The van der Waals surface area contributed by atoms with E-state index in [0.717, 1.165) is 12.8 Å². The second-order valence-corrected chi connectivity index (χ2v) is 3.96. The zero-order valence-corrected chi connectivity index (χ0v) is 8.77. The van der Waals surface area contributed by atoms with E-state index in [9.17, 15) is 9.59 Å². The summed E-state index contributed by atoms with van der Waals surface area (Å²) < 4.78 is 0. The molecule has 0 aromatic carbocycles. The van der Waals surface area contributed by atoms with E-state index in [1.807, 2.05) is 0 Å². The minimum absolute atomic E-state index is 0.0150. The van der Waals surface area contributed by atoms with Gasteiger partial charge in [-0.25, -0.2) is 5.10 Å².